The summed E-state index contributed by atoms with van der Waals surface area (Å²) in [6, 6.07) is 1.20. The molecule has 1 heterocycles. The molecule has 0 N–H and O–H groups in total. The summed E-state index contributed by atoms with van der Waals surface area (Å²) in [5.41, 5.74) is -0.154. The number of aryl methyl sites for hydroxylation is 1. The van der Waals surface area contributed by atoms with Crippen LogP contribution < -0.4 is 5.56 Å². The van der Waals surface area contributed by atoms with Crippen molar-refractivity contribution in [2.75, 3.05) is 6.54 Å². The van der Waals surface area contributed by atoms with Crippen LogP contribution in [-0.4, -0.2) is 39.4 Å². The minimum absolute atomic E-state index is 0.0467. The molecule has 0 bridgehead atoms. The summed E-state index contributed by atoms with van der Waals surface area (Å²) in [4.78, 5) is 25.4. The third-order valence-electron chi connectivity index (χ3n) is 4.50. The second kappa shape index (κ2) is 6.86. The van der Waals surface area contributed by atoms with E-state index in [1.165, 1.54) is 0 Å². The van der Waals surface area contributed by atoms with Crippen LogP contribution in [0.3, 0.4) is 0 Å². The van der Waals surface area contributed by atoms with Crippen LogP contribution in [0.5, 0.6) is 0 Å². The predicted octanol–water partition coefficient (Wildman–Crippen LogP) is 1.92. The zero-order chi connectivity index (χ0) is 18.9. The van der Waals surface area contributed by atoms with Crippen molar-refractivity contribution in [3.8, 4) is 6.07 Å². The van der Waals surface area contributed by atoms with Gasteiger partial charge in [0.1, 0.15) is 24.7 Å². The fourth-order valence-electron chi connectivity index (χ4n) is 2.72. The maximum atomic E-state index is 12.8. The van der Waals surface area contributed by atoms with Gasteiger partial charge in [-0.1, -0.05) is 0 Å². The highest BCUT2D eigenvalue weighted by Crippen LogP contribution is 2.36. The number of aromatic nitrogens is 2. The standard InChI is InChI=1S/C16H19F3N4O2/c1-9-10(2)21-23(15(25)13(9)6-20)7-14(24)22(8-16(17,18)19)11(3)12-4-5-12/h11-12H,4-5,7-8H2,1-3H3/t11-/m0/s1. The third kappa shape index (κ3) is 4.38. The number of rotatable bonds is 5. The van der Waals surface area contributed by atoms with E-state index < -0.39 is 36.8 Å². The molecule has 0 unspecified atom stereocenters. The van der Waals surface area contributed by atoms with E-state index >= 15 is 0 Å². The fraction of sp³-hybridized carbons (Fsp3) is 0.625. The first kappa shape index (κ1) is 19.0. The van der Waals surface area contributed by atoms with Crippen LogP contribution in [-0.2, 0) is 11.3 Å². The number of carbonyl (C=O) groups is 1. The number of nitrogens with zero attached hydrogens (tertiary/aromatic N) is 4. The molecule has 1 fully saturated rings. The van der Waals surface area contributed by atoms with Crippen molar-refractivity contribution < 1.29 is 18.0 Å². The van der Waals surface area contributed by atoms with Crippen molar-refractivity contribution in [3.63, 3.8) is 0 Å². The Bertz CT molecular complexity index is 775. The van der Waals surface area contributed by atoms with Gasteiger partial charge >= 0.3 is 6.18 Å². The molecule has 136 valence electrons. The second-order valence-electron chi connectivity index (χ2n) is 6.37. The molecule has 0 spiro atoms. The molecule has 1 amide bonds. The molecule has 1 aliphatic carbocycles. The average molecular weight is 356 g/mol. The van der Waals surface area contributed by atoms with Crippen molar-refractivity contribution in [2.45, 2.75) is 52.4 Å². The van der Waals surface area contributed by atoms with E-state index in [4.69, 9.17) is 5.26 Å². The van der Waals surface area contributed by atoms with Crippen LogP contribution in [0.2, 0.25) is 0 Å². The molecule has 1 aromatic heterocycles. The van der Waals surface area contributed by atoms with Gasteiger partial charge in [0.25, 0.3) is 5.56 Å². The number of hydrogen-bond donors (Lipinski definition) is 0. The van der Waals surface area contributed by atoms with Crippen molar-refractivity contribution in [1.29, 1.82) is 5.26 Å². The molecule has 9 heteroatoms. The fourth-order valence-corrected chi connectivity index (χ4v) is 2.72. The number of hydrogen-bond acceptors (Lipinski definition) is 4. The van der Waals surface area contributed by atoms with Crippen LogP contribution in [0.1, 0.15) is 36.6 Å². The van der Waals surface area contributed by atoms with Gasteiger partial charge in [-0.15, -0.1) is 0 Å². The Labute approximate surface area is 142 Å². The minimum Gasteiger partial charge on any atom is -0.329 e. The predicted molar refractivity (Wildman–Crippen MR) is 82.6 cm³/mol. The molecular weight excluding hydrogens is 337 g/mol. The molecule has 0 radical (unpaired) electrons. The highest BCUT2D eigenvalue weighted by molar-refractivity contribution is 5.76. The topological polar surface area (TPSA) is 79.0 Å². The Morgan fingerprint density at radius 3 is 2.52 bits per heavy atom. The summed E-state index contributed by atoms with van der Waals surface area (Å²) in [6.07, 6.45) is -2.97. The summed E-state index contributed by atoms with van der Waals surface area (Å²) < 4.78 is 39.3. The van der Waals surface area contributed by atoms with Gasteiger partial charge in [0.05, 0.1) is 5.69 Å². The molecule has 0 aromatic carbocycles. The molecule has 25 heavy (non-hydrogen) atoms. The molecule has 1 atom stereocenters. The lowest BCUT2D eigenvalue weighted by atomic mass is 10.1. The van der Waals surface area contributed by atoms with E-state index in [1.54, 1.807) is 26.8 Å². The number of alkyl halides is 3. The number of nitriles is 1. The number of carbonyl (C=O) groups excluding carboxylic acids is 1. The van der Waals surface area contributed by atoms with Crippen LogP contribution in [0, 0.1) is 31.1 Å². The summed E-state index contributed by atoms with van der Waals surface area (Å²) in [6.45, 7) is 2.71. The summed E-state index contributed by atoms with van der Waals surface area (Å²) in [5, 5.41) is 13.0. The normalized spacial score (nSPS) is 15.6. The first-order valence-electron chi connectivity index (χ1n) is 7.89. The Hall–Kier alpha value is -2.37. The lowest BCUT2D eigenvalue weighted by molar-refractivity contribution is -0.166. The first-order valence-corrected chi connectivity index (χ1v) is 7.89. The summed E-state index contributed by atoms with van der Waals surface area (Å²) in [5.74, 6) is -0.788. The van der Waals surface area contributed by atoms with Crippen molar-refractivity contribution >= 4 is 5.91 Å². The molecular formula is C16H19F3N4O2. The quantitative estimate of drug-likeness (QED) is 0.807. The van der Waals surface area contributed by atoms with E-state index in [2.05, 4.69) is 5.10 Å². The van der Waals surface area contributed by atoms with Gasteiger partial charge in [0.2, 0.25) is 5.91 Å². The van der Waals surface area contributed by atoms with Gasteiger partial charge in [0, 0.05) is 6.04 Å². The van der Waals surface area contributed by atoms with Gasteiger partial charge in [0.15, 0.2) is 0 Å². The molecule has 0 aliphatic heterocycles. The molecule has 6 nitrogen and oxygen atoms in total. The lowest BCUT2D eigenvalue weighted by Gasteiger charge is -2.30. The first-order chi connectivity index (χ1) is 11.5. The average Bonchev–Trinajstić information content (AvgIpc) is 3.34. The smallest absolute Gasteiger partial charge is 0.329 e. The largest absolute Gasteiger partial charge is 0.406 e. The van der Waals surface area contributed by atoms with Crippen LogP contribution in [0.15, 0.2) is 4.79 Å². The van der Waals surface area contributed by atoms with Crippen molar-refractivity contribution in [2.24, 2.45) is 5.92 Å². The Kier molecular flexibility index (Phi) is 5.20. The number of amides is 1. The van der Waals surface area contributed by atoms with Crippen molar-refractivity contribution in [3.05, 3.63) is 27.2 Å². The van der Waals surface area contributed by atoms with E-state index in [9.17, 15) is 22.8 Å². The van der Waals surface area contributed by atoms with E-state index in [0.717, 1.165) is 22.4 Å². The van der Waals surface area contributed by atoms with Crippen LogP contribution >= 0.6 is 0 Å². The molecule has 0 saturated heterocycles. The van der Waals surface area contributed by atoms with Crippen molar-refractivity contribution in [1.82, 2.24) is 14.7 Å². The van der Waals surface area contributed by atoms with Crippen LogP contribution in [0.4, 0.5) is 13.2 Å². The zero-order valence-corrected chi connectivity index (χ0v) is 14.2. The van der Waals surface area contributed by atoms with Gasteiger partial charge in [-0.3, -0.25) is 9.59 Å². The monoisotopic (exact) mass is 356 g/mol. The van der Waals surface area contributed by atoms with Gasteiger partial charge in [-0.05, 0) is 45.1 Å². The Morgan fingerprint density at radius 1 is 1.44 bits per heavy atom. The highest BCUT2D eigenvalue weighted by Gasteiger charge is 2.40. The molecule has 1 aliphatic rings. The van der Waals surface area contributed by atoms with E-state index in [-0.39, 0.29) is 11.5 Å². The molecule has 1 aromatic rings. The highest BCUT2D eigenvalue weighted by atomic mass is 19.4. The second-order valence-corrected chi connectivity index (χ2v) is 6.37. The van der Waals surface area contributed by atoms with Gasteiger partial charge in [-0.25, -0.2) is 4.68 Å². The Morgan fingerprint density at radius 2 is 2.04 bits per heavy atom. The maximum Gasteiger partial charge on any atom is 0.406 e. The third-order valence-corrected chi connectivity index (χ3v) is 4.50. The van der Waals surface area contributed by atoms with Gasteiger partial charge < -0.3 is 4.90 Å². The zero-order valence-electron chi connectivity index (χ0n) is 14.2. The Balaban J connectivity index is 2.31. The van der Waals surface area contributed by atoms with E-state index in [1.807, 2.05) is 0 Å². The number of halogens is 3. The molecule has 1 saturated carbocycles. The van der Waals surface area contributed by atoms with Gasteiger partial charge in [-0.2, -0.15) is 23.5 Å². The molecule has 2 rings (SSSR count). The summed E-state index contributed by atoms with van der Waals surface area (Å²) in [7, 11) is 0. The lowest BCUT2D eigenvalue weighted by Crippen LogP contribution is -2.48. The summed E-state index contributed by atoms with van der Waals surface area (Å²) >= 11 is 0. The minimum atomic E-state index is -4.53. The maximum absolute atomic E-state index is 12.8. The van der Waals surface area contributed by atoms with E-state index in [0.29, 0.717) is 11.3 Å². The van der Waals surface area contributed by atoms with Crippen LogP contribution in [0.25, 0.3) is 0 Å². The SMILES string of the molecule is Cc1nn(CC(=O)N(CC(F)(F)F)[C@@H](C)C2CC2)c(=O)c(C#N)c1C.